The molecule has 13 N–H and O–H groups in total. The molecule has 6 fully saturated rings. The Bertz CT molecular complexity index is 2710. The molecule has 6 saturated heterocycles. The number of aliphatic hydroxyl groups is 9. The summed E-state index contributed by atoms with van der Waals surface area (Å²) in [5.41, 5.74) is -1.02. The van der Waals surface area contributed by atoms with Crippen molar-refractivity contribution in [3.05, 3.63) is 0 Å². The lowest BCUT2D eigenvalue weighted by Crippen LogP contribution is -2.64. The first-order valence-electron chi connectivity index (χ1n) is 38.9. The summed E-state index contributed by atoms with van der Waals surface area (Å²) in [6.07, 6.45) is -10.3. The van der Waals surface area contributed by atoms with Crippen LogP contribution in [0.1, 0.15) is 150 Å². The van der Waals surface area contributed by atoms with Gasteiger partial charge in [0.1, 0.15) is 48.8 Å². The number of phosphoric ester groups is 3. The third-order valence-corrected chi connectivity index (χ3v) is 23.3. The molecule has 0 saturated carbocycles. The second-order valence-electron chi connectivity index (χ2n) is 29.6. The monoisotopic (exact) mass is 1660 g/mol. The molecule has 0 radical (unpaired) electrons. The van der Waals surface area contributed by atoms with Gasteiger partial charge in [-0.3, -0.25) is 46.3 Å². The van der Waals surface area contributed by atoms with Gasteiger partial charge in [-0.25, -0.2) is 13.7 Å². The van der Waals surface area contributed by atoms with Crippen LogP contribution in [0.5, 0.6) is 0 Å². The van der Waals surface area contributed by atoms with Crippen molar-refractivity contribution in [2.24, 2.45) is 17.3 Å². The Kier molecular flexibility index (Phi) is 43.6. The third-order valence-electron chi connectivity index (χ3n) is 20.1. The molecule has 6 aliphatic heterocycles. The lowest BCUT2D eigenvalue weighted by atomic mass is 9.92. The SMILES string of the molecule is CC(=O)NC1C(OCCCCC(=O)N2CCC(OP(=O)(O)OCCCOCC(COCCCOP(=O)(O)OC3CCN(C(=O)CCCCOC4OC(CO)C(O)C(O)C4C)CC3)(COCCCOP(=O)(O)OC3CCN(C(=O)CCCCOC4OC(CO)C(O)C(O)C4C)CC3)COC(C)C)CC2)OC(CO)C(O)C1O. The predicted octanol–water partition coefficient (Wildman–Crippen LogP) is 0.646. The molecule has 42 heteroatoms. The molecule has 18 atom stereocenters. The van der Waals surface area contributed by atoms with Crippen LogP contribution in [0.3, 0.4) is 0 Å². The summed E-state index contributed by atoms with van der Waals surface area (Å²) < 4.78 is 130. The van der Waals surface area contributed by atoms with E-state index in [1.165, 1.54) is 6.92 Å². The minimum atomic E-state index is -4.57. The number of carbonyl (C=O) groups excluding carboxylic acids is 4. The molecule has 0 aromatic rings. The first-order valence-corrected chi connectivity index (χ1v) is 43.4. The van der Waals surface area contributed by atoms with Gasteiger partial charge in [-0.15, -0.1) is 0 Å². The summed E-state index contributed by atoms with van der Waals surface area (Å²) >= 11 is 0. The van der Waals surface area contributed by atoms with Gasteiger partial charge in [0.05, 0.1) is 108 Å². The van der Waals surface area contributed by atoms with Crippen molar-refractivity contribution >= 4 is 47.1 Å². The standard InChI is InChI=1S/C69H127N4O35P3/c1-46(2)99-45-69(42-93-30-12-36-100-109(87,88)106-50-18-24-71(25-19-50)56(78)15-6-9-33-96-66-47(3)60(81)62(83)53(39-74)103-66,43-94-31-13-37-101-110(89,90)107-51-20-26-72(27-21-51)57(79)16-7-10-34-97-67-48(4)61(82)63(84)54(40-75)104-67)44-95-32-14-38-102-111(91,92)108-52-22-28-73(29-23-52)58(80)17-8-11-35-98-68-59(70-49(5)77)65(86)64(85)55(41-76)105-68/h46-48,50-55,59-68,74-76,81-86H,6-45H2,1-5H3,(H,70,77)(H,87,88)(H,89,90)(H,91,92). The molecule has 0 spiro atoms. The second kappa shape index (κ2) is 49.7. The van der Waals surface area contributed by atoms with Crippen molar-refractivity contribution in [2.45, 2.75) is 254 Å². The van der Waals surface area contributed by atoms with E-state index in [-0.39, 0.29) is 174 Å². The molecule has 6 heterocycles. The van der Waals surface area contributed by atoms with Gasteiger partial charge < -0.3 is 128 Å². The maximum Gasteiger partial charge on any atom is 0.472 e. The zero-order valence-corrected chi connectivity index (χ0v) is 67.4. The molecular weight excluding hydrogens is 1540 g/mol. The smallest absolute Gasteiger partial charge is 0.394 e. The van der Waals surface area contributed by atoms with E-state index in [0.29, 0.717) is 90.4 Å². The van der Waals surface area contributed by atoms with Crippen molar-refractivity contribution in [3.8, 4) is 0 Å². The second-order valence-corrected chi connectivity index (χ2v) is 33.8. The van der Waals surface area contributed by atoms with E-state index in [9.17, 15) is 93.5 Å². The van der Waals surface area contributed by atoms with E-state index < -0.39 is 165 Å². The van der Waals surface area contributed by atoms with E-state index in [0.717, 1.165) is 0 Å². The number of aliphatic hydroxyl groups excluding tert-OH is 9. The summed E-state index contributed by atoms with van der Waals surface area (Å²) in [5, 5.41) is 92.6. The van der Waals surface area contributed by atoms with Crippen molar-refractivity contribution in [3.63, 3.8) is 0 Å². The minimum absolute atomic E-state index is 0.0207. The quantitative estimate of drug-likeness (QED) is 0.0294. The Balaban J connectivity index is 0.905. The van der Waals surface area contributed by atoms with Gasteiger partial charge in [-0.05, 0) is 110 Å². The van der Waals surface area contributed by atoms with E-state index in [1.807, 2.05) is 13.8 Å². The number of amides is 4. The maximum atomic E-state index is 13.1. The molecule has 0 aromatic heterocycles. The number of carbonyl (C=O) groups is 4. The lowest BCUT2D eigenvalue weighted by Gasteiger charge is -2.42. The summed E-state index contributed by atoms with van der Waals surface area (Å²) in [6.45, 7) is 8.19. The fraction of sp³-hybridized carbons (Fsp3) is 0.942. The highest BCUT2D eigenvalue weighted by Crippen LogP contribution is 2.48. The molecule has 6 rings (SSSR count). The van der Waals surface area contributed by atoms with E-state index >= 15 is 0 Å². The Hall–Kier alpha value is -2.55. The van der Waals surface area contributed by atoms with Crippen molar-refractivity contribution in [1.29, 1.82) is 0 Å². The van der Waals surface area contributed by atoms with Crippen LogP contribution in [0.2, 0.25) is 0 Å². The number of hydrogen-bond acceptors (Lipinski definition) is 32. The topological polar surface area (TPSA) is 532 Å². The minimum Gasteiger partial charge on any atom is -0.394 e. The fourth-order valence-electron chi connectivity index (χ4n) is 13.4. The molecular formula is C69H127N4O35P3. The van der Waals surface area contributed by atoms with Gasteiger partial charge in [0.25, 0.3) is 0 Å². The van der Waals surface area contributed by atoms with Gasteiger partial charge >= 0.3 is 23.5 Å². The van der Waals surface area contributed by atoms with Gasteiger partial charge in [-0.2, -0.15) is 0 Å². The summed E-state index contributed by atoms with van der Waals surface area (Å²) in [6, 6.07) is -1.09. The molecule has 648 valence electrons. The number of hydrogen-bond donors (Lipinski definition) is 13. The van der Waals surface area contributed by atoms with Crippen LogP contribution in [0.25, 0.3) is 0 Å². The number of nitrogens with zero attached hydrogens (tertiary/aromatic N) is 3. The number of phosphoric acid groups is 3. The molecule has 18 unspecified atom stereocenters. The van der Waals surface area contributed by atoms with Crippen molar-refractivity contribution in [2.75, 3.05) is 145 Å². The largest absolute Gasteiger partial charge is 0.472 e. The molecule has 39 nitrogen and oxygen atoms in total. The van der Waals surface area contributed by atoms with Gasteiger partial charge in [0, 0.05) is 117 Å². The average molecular weight is 1670 g/mol. The highest BCUT2D eigenvalue weighted by molar-refractivity contribution is 7.48. The Morgan fingerprint density at radius 3 is 1.05 bits per heavy atom. The predicted molar refractivity (Wildman–Crippen MR) is 388 cm³/mol. The zero-order valence-electron chi connectivity index (χ0n) is 64.7. The molecule has 4 amide bonds. The third kappa shape index (κ3) is 34.0. The fourth-order valence-corrected chi connectivity index (χ4v) is 16.4. The van der Waals surface area contributed by atoms with Crippen LogP contribution in [-0.4, -0.2) is 348 Å². The number of nitrogens with one attached hydrogen (secondary N) is 1. The molecule has 111 heavy (non-hydrogen) atoms. The van der Waals surface area contributed by atoms with Crippen LogP contribution < -0.4 is 5.32 Å². The molecule has 0 aliphatic carbocycles. The molecule has 0 aromatic carbocycles. The van der Waals surface area contributed by atoms with Gasteiger partial charge in [0.15, 0.2) is 18.9 Å². The Labute approximate surface area is 649 Å². The van der Waals surface area contributed by atoms with Crippen molar-refractivity contribution in [1.82, 2.24) is 20.0 Å². The van der Waals surface area contributed by atoms with Crippen LogP contribution in [0, 0.1) is 17.3 Å². The highest BCUT2D eigenvalue weighted by atomic mass is 31.2. The van der Waals surface area contributed by atoms with E-state index in [2.05, 4.69) is 5.32 Å². The van der Waals surface area contributed by atoms with Crippen LogP contribution in [0.15, 0.2) is 0 Å². The lowest BCUT2D eigenvalue weighted by molar-refractivity contribution is -0.282. The normalized spacial score (nSPS) is 29.7. The van der Waals surface area contributed by atoms with E-state index in [4.69, 9.17) is 74.5 Å². The maximum absolute atomic E-state index is 13.1. The number of unbranched alkanes of at least 4 members (excludes halogenated alkanes) is 3. The highest BCUT2D eigenvalue weighted by Gasteiger charge is 2.47. The first kappa shape index (κ1) is 97.3. The van der Waals surface area contributed by atoms with Crippen LogP contribution in [-0.2, 0) is 107 Å². The molecule has 0 bridgehead atoms. The zero-order chi connectivity index (χ0) is 81.3. The average Bonchev–Trinajstić information content (AvgIpc) is 0.817. The van der Waals surface area contributed by atoms with Crippen LogP contribution >= 0.6 is 23.5 Å². The summed E-state index contributed by atoms with van der Waals surface area (Å²) in [5.74, 6) is -1.92. The number of ether oxygens (including phenoxy) is 10. The Morgan fingerprint density at radius 1 is 0.432 bits per heavy atom. The summed E-state index contributed by atoms with van der Waals surface area (Å²) in [7, 11) is -13.7. The van der Waals surface area contributed by atoms with Gasteiger partial charge in [-0.1, -0.05) is 13.8 Å². The van der Waals surface area contributed by atoms with Crippen LogP contribution in [0.4, 0.5) is 0 Å². The van der Waals surface area contributed by atoms with Gasteiger partial charge in [0.2, 0.25) is 23.6 Å². The number of likely N-dealkylation sites (tertiary alicyclic amines) is 3. The van der Waals surface area contributed by atoms with E-state index in [1.54, 1.807) is 28.5 Å². The molecule has 6 aliphatic rings. The number of piperidine rings is 3. The summed E-state index contributed by atoms with van der Waals surface area (Å²) in [4.78, 5) is 87.9. The first-order chi connectivity index (χ1) is 52.8. The Morgan fingerprint density at radius 2 is 0.739 bits per heavy atom. The van der Waals surface area contributed by atoms with Crippen molar-refractivity contribution < 1.29 is 168 Å². The number of rotatable bonds is 52.